The van der Waals surface area contributed by atoms with Gasteiger partial charge < -0.3 is 25.4 Å². The SMILES string of the molecule is O=C([O-])c1ccc(N=C2NC(=O)C(CO)(CO)S2)cc1. The minimum atomic E-state index is -1.33. The molecule has 20 heavy (non-hydrogen) atoms. The average molecular weight is 295 g/mol. The summed E-state index contributed by atoms with van der Waals surface area (Å²) in [6, 6.07) is 5.59. The first-order valence-electron chi connectivity index (χ1n) is 5.63. The van der Waals surface area contributed by atoms with E-state index < -0.39 is 29.8 Å². The van der Waals surface area contributed by atoms with E-state index in [0.29, 0.717) is 5.69 Å². The van der Waals surface area contributed by atoms with Gasteiger partial charge in [0.2, 0.25) is 5.91 Å². The number of amidine groups is 1. The highest BCUT2D eigenvalue weighted by Gasteiger charge is 2.46. The first-order valence-corrected chi connectivity index (χ1v) is 6.45. The van der Waals surface area contributed by atoms with Crippen molar-refractivity contribution in [3.63, 3.8) is 0 Å². The van der Waals surface area contributed by atoms with Crippen LogP contribution in [-0.2, 0) is 4.79 Å². The minimum absolute atomic E-state index is 0.0251. The van der Waals surface area contributed by atoms with Crippen LogP contribution in [0.3, 0.4) is 0 Å². The number of nitrogens with one attached hydrogen (secondary N) is 1. The van der Waals surface area contributed by atoms with Crippen molar-refractivity contribution in [2.75, 3.05) is 13.2 Å². The Morgan fingerprint density at radius 2 is 1.90 bits per heavy atom. The zero-order chi connectivity index (χ0) is 14.8. The summed E-state index contributed by atoms with van der Waals surface area (Å²) in [7, 11) is 0. The maximum absolute atomic E-state index is 11.7. The molecule has 1 aromatic rings. The molecule has 1 aromatic carbocycles. The zero-order valence-corrected chi connectivity index (χ0v) is 11.0. The number of carbonyl (C=O) groups excluding carboxylic acids is 2. The van der Waals surface area contributed by atoms with E-state index >= 15 is 0 Å². The number of carboxylic acids is 1. The van der Waals surface area contributed by atoms with Gasteiger partial charge >= 0.3 is 0 Å². The van der Waals surface area contributed by atoms with Crippen molar-refractivity contribution in [3.05, 3.63) is 29.8 Å². The number of benzene rings is 1. The number of hydrogen-bond donors (Lipinski definition) is 3. The fourth-order valence-electron chi connectivity index (χ4n) is 1.57. The number of aliphatic imine (C=N–C) groups is 1. The van der Waals surface area contributed by atoms with E-state index in [-0.39, 0.29) is 10.7 Å². The molecule has 8 heteroatoms. The van der Waals surface area contributed by atoms with Gasteiger partial charge in [-0.05, 0) is 17.7 Å². The summed E-state index contributed by atoms with van der Waals surface area (Å²) < 4.78 is -1.33. The van der Waals surface area contributed by atoms with Crippen molar-refractivity contribution in [1.29, 1.82) is 0 Å². The van der Waals surface area contributed by atoms with Gasteiger partial charge in [0.15, 0.2) is 5.17 Å². The van der Waals surface area contributed by atoms with Crippen molar-refractivity contribution in [1.82, 2.24) is 5.32 Å². The number of nitrogens with zero attached hydrogens (tertiary/aromatic N) is 1. The van der Waals surface area contributed by atoms with Crippen LogP contribution in [0.1, 0.15) is 10.4 Å². The lowest BCUT2D eigenvalue weighted by Crippen LogP contribution is -2.43. The highest BCUT2D eigenvalue weighted by Crippen LogP contribution is 2.32. The number of aliphatic hydroxyl groups is 2. The molecule has 1 saturated heterocycles. The van der Waals surface area contributed by atoms with E-state index in [0.717, 1.165) is 11.8 Å². The fraction of sp³-hybridized carbons (Fsp3) is 0.250. The van der Waals surface area contributed by atoms with E-state index in [1.807, 2.05) is 0 Å². The summed E-state index contributed by atoms with van der Waals surface area (Å²) in [5.74, 6) is -1.80. The Bertz CT molecular complexity index is 566. The van der Waals surface area contributed by atoms with Crippen LogP contribution in [0.4, 0.5) is 5.69 Å². The Balaban J connectivity index is 2.20. The van der Waals surface area contributed by atoms with Gasteiger partial charge in [0.05, 0.1) is 24.9 Å². The topological polar surface area (TPSA) is 122 Å². The Hall–Kier alpha value is -1.90. The van der Waals surface area contributed by atoms with Gasteiger partial charge in [-0.1, -0.05) is 23.9 Å². The van der Waals surface area contributed by atoms with E-state index in [4.69, 9.17) is 0 Å². The number of amides is 1. The lowest BCUT2D eigenvalue weighted by molar-refractivity contribution is -0.255. The number of hydrogen-bond acceptors (Lipinski definition) is 7. The van der Waals surface area contributed by atoms with Crippen LogP contribution in [0.25, 0.3) is 0 Å². The second-order valence-electron chi connectivity index (χ2n) is 4.12. The number of rotatable bonds is 4. The number of aliphatic hydroxyl groups excluding tert-OH is 2. The van der Waals surface area contributed by atoms with Gasteiger partial charge in [-0.2, -0.15) is 0 Å². The van der Waals surface area contributed by atoms with Gasteiger partial charge in [0, 0.05) is 0 Å². The van der Waals surface area contributed by atoms with E-state index in [9.17, 15) is 24.9 Å². The molecule has 1 heterocycles. The monoisotopic (exact) mass is 295 g/mol. The second-order valence-corrected chi connectivity index (χ2v) is 5.49. The maximum atomic E-state index is 11.7. The fourth-order valence-corrected chi connectivity index (χ4v) is 2.50. The predicted molar refractivity (Wildman–Crippen MR) is 70.5 cm³/mol. The first kappa shape index (κ1) is 14.5. The highest BCUT2D eigenvalue weighted by molar-refractivity contribution is 8.16. The standard InChI is InChI=1S/C12H12N2O5S/c15-5-12(6-16)10(19)14-11(20-12)13-8-3-1-7(2-4-8)9(17)18/h1-4,15-16H,5-6H2,(H,17,18)(H,13,14,19)/p-1. The molecule has 0 unspecified atom stereocenters. The average Bonchev–Trinajstić information content (AvgIpc) is 2.76. The van der Waals surface area contributed by atoms with Crippen LogP contribution >= 0.6 is 11.8 Å². The van der Waals surface area contributed by atoms with Gasteiger partial charge in [0.25, 0.3) is 0 Å². The molecule has 0 saturated carbocycles. The van der Waals surface area contributed by atoms with Gasteiger partial charge in [-0.3, -0.25) is 4.79 Å². The molecule has 0 atom stereocenters. The number of aromatic carboxylic acids is 1. The Morgan fingerprint density at radius 3 is 2.35 bits per heavy atom. The Morgan fingerprint density at radius 1 is 1.30 bits per heavy atom. The lowest BCUT2D eigenvalue weighted by Gasteiger charge is -2.17. The normalized spacial score (nSPS) is 19.1. The quantitative estimate of drug-likeness (QED) is 0.629. The van der Waals surface area contributed by atoms with Crippen LogP contribution in [0.15, 0.2) is 29.3 Å². The molecule has 2 rings (SSSR count). The molecule has 1 aliphatic heterocycles. The van der Waals surface area contributed by atoms with E-state index in [1.54, 1.807) is 0 Å². The third-order valence-corrected chi connectivity index (χ3v) is 3.99. The number of carboxylic acid groups (broad SMARTS) is 1. The van der Waals surface area contributed by atoms with Crippen molar-refractivity contribution >= 4 is 34.5 Å². The van der Waals surface area contributed by atoms with Crippen LogP contribution < -0.4 is 10.4 Å². The number of thioether (sulfide) groups is 1. The molecule has 0 aromatic heterocycles. The largest absolute Gasteiger partial charge is 0.545 e. The van der Waals surface area contributed by atoms with E-state index in [1.165, 1.54) is 24.3 Å². The maximum Gasteiger partial charge on any atom is 0.247 e. The third kappa shape index (κ3) is 2.67. The molecule has 106 valence electrons. The molecule has 0 aliphatic carbocycles. The highest BCUT2D eigenvalue weighted by atomic mass is 32.2. The summed E-state index contributed by atoms with van der Waals surface area (Å²) >= 11 is 0.932. The van der Waals surface area contributed by atoms with Gasteiger partial charge in [0.1, 0.15) is 4.75 Å². The van der Waals surface area contributed by atoms with Crippen LogP contribution in [-0.4, -0.2) is 45.2 Å². The molecular formula is C12H11N2O5S-. The van der Waals surface area contributed by atoms with Crippen LogP contribution in [0.5, 0.6) is 0 Å². The Kier molecular flexibility index (Phi) is 4.07. The molecule has 7 nitrogen and oxygen atoms in total. The zero-order valence-electron chi connectivity index (χ0n) is 10.2. The van der Waals surface area contributed by atoms with Crippen molar-refractivity contribution < 1.29 is 24.9 Å². The summed E-state index contributed by atoms with van der Waals surface area (Å²) in [4.78, 5) is 26.4. The first-order chi connectivity index (χ1) is 9.50. The van der Waals surface area contributed by atoms with Crippen molar-refractivity contribution in [2.45, 2.75) is 4.75 Å². The summed E-state index contributed by atoms with van der Waals surface area (Å²) in [5, 5.41) is 31.7. The molecule has 1 amide bonds. The molecular weight excluding hydrogens is 284 g/mol. The van der Waals surface area contributed by atoms with Gasteiger partial charge in [-0.15, -0.1) is 0 Å². The number of carbonyl (C=O) groups is 2. The lowest BCUT2D eigenvalue weighted by atomic mass is 10.1. The predicted octanol–water partition coefficient (Wildman–Crippen LogP) is -1.38. The summed E-state index contributed by atoms with van der Waals surface area (Å²) in [6.45, 7) is -1.02. The molecule has 0 bridgehead atoms. The second kappa shape index (κ2) is 5.61. The molecule has 1 aliphatic rings. The third-order valence-electron chi connectivity index (χ3n) is 2.77. The molecule has 0 spiro atoms. The van der Waals surface area contributed by atoms with Crippen LogP contribution in [0, 0.1) is 0 Å². The van der Waals surface area contributed by atoms with Crippen LogP contribution in [0.2, 0.25) is 0 Å². The summed E-state index contributed by atoms with van der Waals surface area (Å²) in [6.07, 6.45) is 0. The molecule has 1 fully saturated rings. The van der Waals surface area contributed by atoms with Gasteiger partial charge in [-0.25, -0.2) is 4.99 Å². The van der Waals surface area contributed by atoms with Crippen molar-refractivity contribution in [2.24, 2.45) is 4.99 Å². The minimum Gasteiger partial charge on any atom is -0.545 e. The van der Waals surface area contributed by atoms with E-state index in [2.05, 4.69) is 10.3 Å². The molecule has 0 radical (unpaired) electrons. The Labute approximate surface area is 118 Å². The summed E-state index contributed by atoms with van der Waals surface area (Å²) in [5.41, 5.74) is 0.460. The molecule has 3 N–H and O–H groups in total. The van der Waals surface area contributed by atoms with Crippen molar-refractivity contribution in [3.8, 4) is 0 Å². The smallest absolute Gasteiger partial charge is 0.247 e.